The standard InChI is InChI=1S/C14H25N3O2/c1-11(8-15)9-16-10-12-6-5-7-17(12)13(18)19-14(2,3)4/h11-12,16H,5-7,9-10H2,1-4H3. The molecule has 0 aliphatic carbocycles. The number of likely N-dealkylation sites (tertiary alicyclic amines) is 1. The van der Waals surface area contributed by atoms with Gasteiger partial charge in [-0.15, -0.1) is 0 Å². The van der Waals surface area contributed by atoms with Crippen LogP contribution in [0.3, 0.4) is 0 Å². The largest absolute Gasteiger partial charge is 0.444 e. The smallest absolute Gasteiger partial charge is 0.410 e. The van der Waals surface area contributed by atoms with Gasteiger partial charge < -0.3 is 15.0 Å². The Morgan fingerprint density at radius 1 is 1.58 bits per heavy atom. The van der Waals surface area contributed by atoms with E-state index in [2.05, 4.69) is 11.4 Å². The maximum Gasteiger partial charge on any atom is 0.410 e. The summed E-state index contributed by atoms with van der Waals surface area (Å²) in [4.78, 5) is 13.8. The van der Waals surface area contributed by atoms with Gasteiger partial charge in [0.1, 0.15) is 5.60 Å². The molecule has 108 valence electrons. The quantitative estimate of drug-likeness (QED) is 0.847. The Labute approximate surface area is 115 Å². The number of carbonyl (C=O) groups is 1. The minimum absolute atomic E-state index is 0.00335. The zero-order chi connectivity index (χ0) is 14.5. The third-order valence-corrected chi connectivity index (χ3v) is 3.06. The number of nitrogens with one attached hydrogen (secondary N) is 1. The normalized spacial score (nSPS) is 21.0. The van der Waals surface area contributed by atoms with Crippen LogP contribution in [0.1, 0.15) is 40.5 Å². The summed E-state index contributed by atoms with van der Waals surface area (Å²) in [6.45, 7) is 9.66. The van der Waals surface area contributed by atoms with Crippen LogP contribution in [0.4, 0.5) is 4.79 Å². The van der Waals surface area contributed by atoms with Crippen LogP contribution in [-0.2, 0) is 4.74 Å². The van der Waals surface area contributed by atoms with Gasteiger partial charge in [0.2, 0.25) is 0 Å². The van der Waals surface area contributed by atoms with Gasteiger partial charge in [0.25, 0.3) is 0 Å². The van der Waals surface area contributed by atoms with Gasteiger partial charge in [-0.25, -0.2) is 4.79 Å². The van der Waals surface area contributed by atoms with Gasteiger partial charge >= 0.3 is 6.09 Å². The van der Waals surface area contributed by atoms with Crippen molar-refractivity contribution in [2.45, 2.75) is 52.2 Å². The van der Waals surface area contributed by atoms with Crippen LogP contribution < -0.4 is 5.32 Å². The van der Waals surface area contributed by atoms with Crippen LogP contribution in [0.25, 0.3) is 0 Å². The minimum Gasteiger partial charge on any atom is -0.444 e. The number of ether oxygens (including phenoxy) is 1. The Morgan fingerprint density at radius 3 is 2.84 bits per heavy atom. The first-order valence-corrected chi connectivity index (χ1v) is 6.93. The molecule has 1 aliphatic heterocycles. The summed E-state index contributed by atoms with van der Waals surface area (Å²) in [7, 11) is 0. The molecule has 1 aliphatic rings. The first-order chi connectivity index (χ1) is 8.83. The van der Waals surface area contributed by atoms with Crippen molar-refractivity contribution in [1.82, 2.24) is 10.2 Å². The van der Waals surface area contributed by atoms with Crippen LogP contribution in [0.2, 0.25) is 0 Å². The Morgan fingerprint density at radius 2 is 2.26 bits per heavy atom. The highest BCUT2D eigenvalue weighted by atomic mass is 16.6. The number of amides is 1. The summed E-state index contributed by atoms with van der Waals surface area (Å²) in [6, 6.07) is 2.37. The van der Waals surface area contributed by atoms with Crippen molar-refractivity contribution in [1.29, 1.82) is 5.26 Å². The van der Waals surface area contributed by atoms with Crippen LogP contribution in [-0.4, -0.2) is 42.3 Å². The van der Waals surface area contributed by atoms with Gasteiger partial charge in [0.15, 0.2) is 0 Å². The molecule has 0 spiro atoms. The second-order valence-corrected chi connectivity index (χ2v) is 6.16. The third-order valence-electron chi connectivity index (χ3n) is 3.06. The van der Waals surface area contributed by atoms with E-state index in [1.807, 2.05) is 27.7 Å². The average molecular weight is 267 g/mol. The molecular formula is C14H25N3O2. The van der Waals surface area contributed by atoms with Gasteiger partial charge in [-0.3, -0.25) is 0 Å². The molecule has 0 bridgehead atoms. The number of hydrogen-bond acceptors (Lipinski definition) is 4. The fraction of sp³-hybridized carbons (Fsp3) is 0.857. The minimum atomic E-state index is -0.451. The Kier molecular flexibility index (Phi) is 5.61. The van der Waals surface area contributed by atoms with E-state index in [1.54, 1.807) is 4.90 Å². The Balaban J connectivity index is 2.41. The molecule has 5 heteroatoms. The molecule has 1 N–H and O–H groups in total. The van der Waals surface area contributed by atoms with E-state index in [9.17, 15) is 4.79 Å². The van der Waals surface area contributed by atoms with Gasteiger partial charge in [-0.1, -0.05) is 0 Å². The van der Waals surface area contributed by atoms with Crippen LogP contribution >= 0.6 is 0 Å². The molecule has 0 aromatic rings. The van der Waals surface area contributed by atoms with Crippen molar-refractivity contribution in [3.05, 3.63) is 0 Å². The summed E-state index contributed by atoms with van der Waals surface area (Å²) in [5.74, 6) is -0.00335. The molecule has 2 atom stereocenters. The molecule has 0 saturated carbocycles. The zero-order valence-corrected chi connectivity index (χ0v) is 12.4. The van der Waals surface area contributed by atoms with E-state index in [1.165, 1.54) is 0 Å². The summed E-state index contributed by atoms with van der Waals surface area (Å²) in [5.41, 5.74) is -0.451. The average Bonchev–Trinajstić information content (AvgIpc) is 2.75. The molecule has 1 rings (SSSR count). The molecular weight excluding hydrogens is 242 g/mol. The van der Waals surface area contributed by atoms with E-state index in [0.717, 1.165) is 25.9 Å². The van der Waals surface area contributed by atoms with Crippen LogP contribution in [0.15, 0.2) is 0 Å². The monoisotopic (exact) mass is 267 g/mol. The molecule has 1 saturated heterocycles. The van der Waals surface area contributed by atoms with E-state index in [4.69, 9.17) is 10.00 Å². The fourth-order valence-electron chi connectivity index (χ4n) is 2.12. The predicted molar refractivity (Wildman–Crippen MR) is 73.6 cm³/mol. The second-order valence-electron chi connectivity index (χ2n) is 6.16. The molecule has 0 aromatic carbocycles. The third kappa shape index (κ3) is 5.48. The first kappa shape index (κ1) is 15.8. The fourth-order valence-corrected chi connectivity index (χ4v) is 2.12. The van der Waals surface area contributed by atoms with Crippen molar-refractivity contribution in [3.63, 3.8) is 0 Å². The summed E-state index contributed by atoms with van der Waals surface area (Å²) in [6.07, 6.45) is 1.78. The number of carbonyl (C=O) groups excluding carboxylic acids is 1. The maximum absolute atomic E-state index is 12.0. The molecule has 19 heavy (non-hydrogen) atoms. The second kappa shape index (κ2) is 6.76. The number of hydrogen-bond donors (Lipinski definition) is 1. The molecule has 1 heterocycles. The van der Waals surface area contributed by atoms with E-state index < -0.39 is 5.60 Å². The van der Waals surface area contributed by atoms with Crippen LogP contribution in [0, 0.1) is 17.2 Å². The lowest BCUT2D eigenvalue weighted by molar-refractivity contribution is 0.0226. The summed E-state index contributed by atoms with van der Waals surface area (Å²) >= 11 is 0. The summed E-state index contributed by atoms with van der Waals surface area (Å²) < 4.78 is 5.41. The lowest BCUT2D eigenvalue weighted by atomic mass is 10.2. The lowest BCUT2D eigenvalue weighted by Gasteiger charge is -2.28. The van der Waals surface area contributed by atoms with Gasteiger partial charge in [-0.05, 0) is 40.5 Å². The SMILES string of the molecule is CC(C#N)CNCC1CCCN1C(=O)OC(C)(C)C. The highest BCUT2D eigenvalue weighted by Gasteiger charge is 2.31. The van der Waals surface area contributed by atoms with Crippen molar-refractivity contribution in [2.75, 3.05) is 19.6 Å². The van der Waals surface area contributed by atoms with Gasteiger partial charge in [0.05, 0.1) is 12.0 Å². The molecule has 2 unspecified atom stereocenters. The Bertz CT molecular complexity index is 344. The zero-order valence-electron chi connectivity index (χ0n) is 12.4. The van der Waals surface area contributed by atoms with Crippen LogP contribution in [0.5, 0.6) is 0 Å². The summed E-state index contributed by atoms with van der Waals surface area (Å²) in [5, 5.41) is 12.0. The van der Waals surface area contributed by atoms with Gasteiger partial charge in [0, 0.05) is 25.7 Å². The Hall–Kier alpha value is -1.28. The highest BCUT2D eigenvalue weighted by molar-refractivity contribution is 5.69. The number of nitriles is 1. The lowest BCUT2D eigenvalue weighted by Crippen LogP contribution is -2.44. The first-order valence-electron chi connectivity index (χ1n) is 6.93. The van der Waals surface area contributed by atoms with E-state index >= 15 is 0 Å². The molecule has 1 amide bonds. The number of nitrogens with zero attached hydrogens (tertiary/aromatic N) is 2. The van der Waals surface area contributed by atoms with Crippen molar-refractivity contribution in [3.8, 4) is 6.07 Å². The number of rotatable bonds is 4. The van der Waals surface area contributed by atoms with Crippen molar-refractivity contribution in [2.24, 2.45) is 5.92 Å². The molecule has 1 fully saturated rings. The highest BCUT2D eigenvalue weighted by Crippen LogP contribution is 2.20. The van der Waals surface area contributed by atoms with Crippen molar-refractivity contribution < 1.29 is 9.53 Å². The van der Waals surface area contributed by atoms with Gasteiger partial charge in [-0.2, -0.15) is 5.26 Å². The predicted octanol–water partition coefficient (Wildman–Crippen LogP) is 2.14. The maximum atomic E-state index is 12.0. The molecule has 5 nitrogen and oxygen atoms in total. The van der Waals surface area contributed by atoms with Crippen molar-refractivity contribution >= 4 is 6.09 Å². The van der Waals surface area contributed by atoms with E-state index in [-0.39, 0.29) is 18.1 Å². The topological polar surface area (TPSA) is 65.4 Å². The van der Waals surface area contributed by atoms with E-state index in [0.29, 0.717) is 6.54 Å². The molecule has 0 radical (unpaired) electrons. The molecule has 0 aromatic heterocycles.